The smallest absolute Gasteiger partial charge is 0.264 e. The molecule has 0 unspecified atom stereocenters. The van der Waals surface area contributed by atoms with Gasteiger partial charge in [-0.1, -0.05) is 0 Å². The van der Waals surface area contributed by atoms with Crippen LogP contribution >= 0.6 is 11.3 Å². The molecule has 2 aliphatic heterocycles. The van der Waals surface area contributed by atoms with Crippen LogP contribution in [0.4, 0.5) is 0 Å². The molecule has 0 bridgehead atoms. The van der Waals surface area contributed by atoms with Gasteiger partial charge in [0.05, 0.1) is 11.0 Å². The Morgan fingerprint density at radius 3 is 2.75 bits per heavy atom. The van der Waals surface area contributed by atoms with Crippen molar-refractivity contribution in [1.82, 2.24) is 9.80 Å². The molecule has 2 saturated heterocycles. The Labute approximate surface area is 124 Å². The summed E-state index contributed by atoms with van der Waals surface area (Å²) in [6.45, 7) is 7.60. The molecule has 0 aromatic carbocycles. The second kappa shape index (κ2) is 6.24. The van der Waals surface area contributed by atoms with E-state index < -0.39 is 0 Å². The number of aryl methyl sites for hydroxylation is 1. The van der Waals surface area contributed by atoms with Crippen molar-refractivity contribution in [2.75, 3.05) is 39.3 Å². The van der Waals surface area contributed by atoms with E-state index in [1.807, 2.05) is 24.0 Å². The maximum absolute atomic E-state index is 12.4. The summed E-state index contributed by atoms with van der Waals surface area (Å²) >= 11 is 1.59. The molecular formula is C15H22N2O2S. The number of rotatable bonds is 3. The van der Waals surface area contributed by atoms with E-state index in [1.54, 1.807) is 11.3 Å². The van der Waals surface area contributed by atoms with Gasteiger partial charge in [0, 0.05) is 44.2 Å². The summed E-state index contributed by atoms with van der Waals surface area (Å²) in [5, 5.41) is 0. The number of hydrogen-bond acceptors (Lipinski definition) is 4. The van der Waals surface area contributed by atoms with Gasteiger partial charge in [-0.15, -0.1) is 11.3 Å². The molecule has 4 nitrogen and oxygen atoms in total. The first-order valence-electron chi connectivity index (χ1n) is 7.42. The number of amides is 1. The maximum atomic E-state index is 12.4. The van der Waals surface area contributed by atoms with Crippen LogP contribution in [-0.2, 0) is 4.74 Å². The average molecular weight is 294 g/mol. The molecule has 2 fully saturated rings. The molecule has 5 heteroatoms. The fraction of sp³-hybridized carbons (Fsp3) is 0.667. The highest BCUT2D eigenvalue weighted by Crippen LogP contribution is 2.19. The fourth-order valence-electron chi connectivity index (χ4n) is 2.92. The van der Waals surface area contributed by atoms with E-state index in [-0.39, 0.29) is 5.91 Å². The summed E-state index contributed by atoms with van der Waals surface area (Å²) in [4.78, 5) is 18.8. The minimum atomic E-state index is 0.194. The van der Waals surface area contributed by atoms with Gasteiger partial charge in [0.2, 0.25) is 0 Å². The lowest BCUT2D eigenvalue weighted by Crippen LogP contribution is -2.50. The number of hydrogen-bond donors (Lipinski definition) is 0. The summed E-state index contributed by atoms with van der Waals surface area (Å²) in [5.74, 6) is 0.194. The number of carbonyl (C=O) groups excluding carboxylic acids is 1. The molecule has 3 rings (SSSR count). The molecule has 1 aromatic rings. The van der Waals surface area contributed by atoms with Gasteiger partial charge < -0.3 is 9.64 Å². The predicted molar refractivity (Wildman–Crippen MR) is 80.4 cm³/mol. The van der Waals surface area contributed by atoms with Crippen molar-refractivity contribution in [3.8, 4) is 0 Å². The van der Waals surface area contributed by atoms with Crippen molar-refractivity contribution in [2.24, 2.45) is 0 Å². The van der Waals surface area contributed by atoms with Gasteiger partial charge in [0.15, 0.2) is 0 Å². The van der Waals surface area contributed by atoms with Crippen molar-refractivity contribution >= 4 is 17.2 Å². The normalized spacial score (nSPS) is 24.2. The molecule has 0 N–H and O–H groups in total. The van der Waals surface area contributed by atoms with Crippen LogP contribution in [0.2, 0.25) is 0 Å². The summed E-state index contributed by atoms with van der Waals surface area (Å²) < 4.78 is 5.68. The topological polar surface area (TPSA) is 32.8 Å². The molecule has 1 aromatic heterocycles. The molecule has 0 aliphatic carbocycles. The Morgan fingerprint density at radius 1 is 1.35 bits per heavy atom. The molecular weight excluding hydrogens is 272 g/mol. The van der Waals surface area contributed by atoms with Gasteiger partial charge in [0.1, 0.15) is 0 Å². The Balaban J connectivity index is 1.49. The quantitative estimate of drug-likeness (QED) is 0.855. The highest BCUT2D eigenvalue weighted by atomic mass is 32.1. The van der Waals surface area contributed by atoms with Gasteiger partial charge in [-0.25, -0.2) is 0 Å². The molecule has 110 valence electrons. The minimum absolute atomic E-state index is 0.194. The van der Waals surface area contributed by atoms with Crippen LogP contribution in [0.1, 0.15) is 27.4 Å². The van der Waals surface area contributed by atoms with Crippen molar-refractivity contribution in [2.45, 2.75) is 25.9 Å². The van der Waals surface area contributed by atoms with E-state index >= 15 is 0 Å². The first-order chi connectivity index (χ1) is 9.72. The summed E-state index contributed by atoms with van der Waals surface area (Å²) in [5.41, 5.74) is 0. The zero-order valence-corrected chi connectivity index (χ0v) is 12.8. The number of ether oxygens (including phenoxy) is 1. The van der Waals surface area contributed by atoms with Crippen LogP contribution in [0, 0.1) is 6.92 Å². The molecule has 0 saturated carbocycles. The van der Waals surface area contributed by atoms with Gasteiger partial charge in [-0.05, 0) is 31.9 Å². The van der Waals surface area contributed by atoms with E-state index in [1.165, 1.54) is 17.7 Å². The summed E-state index contributed by atoms with van der Waals surface area (Å²) in [6, 6.07) is 3.96. The van der Waals surface area contributed by atoms with Gasteiger partial charge in [-0.2, -0.15) is 0 Å². The molecule has 20 heavy (non-hydrogen) atoms. The SMILES string of the molecule is Cc1ccc(C(=O)N2CCN(C[C@H]3CCCO3)CC2)s1. The number of nitrogens with zero attached hydrogens (tertiary/aromatic N) is 2. The maximum Gasteiger partial charge on any atom is 0.264 e. The second-order valence-corrected chi connectivity index (χ2v) is 6.93. The average Bonchev–Trinajstić information content (AvgIpc) is 3.10. The van der Waals surface area contributed by atoms with E-state index in [4.69, 9.17) is 4.74 Å². The van der Waals surface area contributed by atoms with Gasteiger partial charge in [-0.3, -0.25) is 9.69 Å². The third kappa shape index (κ3) is 3.22. The largest absolute Gasteiger partial charge is 0.377 e. The van der Waals surface area contributed by atoms with Crippen molar-refractivity contribution in [1.29, 1.82) is 0 Å². The molecule has 1 atom stereocenters. The Bertz CT molecular complexity index is 460. The third-order valence-corrected chi connectivity index (χ3v) is 5.09. The molecule has 3 heterocycles. The Kier molecular flexibility index (Phi) is 4.38. The first-order valence-corrected chi connectivity index (χ1v) is 8.24. The third-order valence-electron chi connectivity index (χ3n) is 4.10. The number of piperazine rings is 1. The Hall–Kier alpha value is -0.910. The van der Waals surface area contributed by atoms with Crippen LogP contribution in [0.5, 0.6) is 0 Å². The van der Waals surface area contributed by atoms with Crippen LogP contribution in [0.15, 0.2) is 12.1 Å². The van der Waals surface area contributed by atoms with Crippen LogP contribution in [0.3, 0.4) is 0 Å². The number of carbonyl (C=O) groups is 1. The monoisotopic (exact) mass is 294 g/mol. The molecule has 0 spiro atoms. The molecule has 1 amide bonds. The van der Waals surface area contributed by atoms with E-state index in [0.717, 1.165) is 44.2 Å². The number of thiophene rings is 1. The second-order valence-electron chi connectivity index (χ2n) is 5.64. The van der Waals surface area contributed by atoms with E-state index in [2.05, 4.69) is 4.90 Å². The van der Waals surface area contributed by atoms with Crippen LogP contribution in [0.25, 0.3) is 0 Å². The van der Waals surface area contributed by atoms with Crippen LogP contribution < -0.4 is 0 Å². The highest BCUT2D eigenvalue weighted by Gasteiger charge is 2.25. The van der Waals surface area contributed by atoms with Crippen molar-refractivity contribution in [3.63, 3.8) is 0 Å². The van der Waals surface area contributed by atoms with Crippen molar-refractivity contribution in [3.05, 3.63) is 21.9 Å². The lowest BCUT2D eigenvalue weighted by atomic mass is 10.2. The van der Waals surface area contributed by atoms with E-state index in [9.17, 15) is 4.79 Å². The first kappa shape index (κ1) is 14.0. The Morgan fingerprint density at radius 2 is 2.15 bits per heavy atom. The summed E-state index contributed by atoms with van der Waals surface area (Å²) in [6.07, 6.45) is 2.80. The zero-order valence-electron chi connectivity index (χ0n) is 12.0. The minimum Gasteiger partial charge on any atom is -0.377 e. The molecule has 0 radical (unpaired) electrons. The van der Waals surface area contributed by atoms with Crippen molar-refractivity contribution < 1.29 is 9.53 Å². The standard InChI is InChI=1S/C15H22N2O2S/c1-12-4-5-14(20-12)15(18)17-8-6-16(7-9-17)11-13-3-2-10-19-13/h4-5,13H,2-3,6-11H2,1H3/t13-/m1/s1. The molecule has 2 aliphatic rings. The van der Waals surface area contributed by atoms with Crippen LogP contribution in [-0.4, -0.2) is 61.1 Å². The van der Waals surface area contributed by atoms with E-state index in [0.29, 0.717) is 6.10 Å². The highest BCUT2D eigenvalue weighted by molar-refractivity contribution is 7.13. The fourth-order valence-corrected chi connectivity index (χ4v) is 3.75. The lowest BCUT2D eigenvalue weighted by Gasteiger charge is -2.35. The summed E-state index contributed by atoms with van der Waals surface area (Å²) in [7, 11) is 0. The van der Waals surface area contributed by atoms with Gasteiger partial charge in [0.25, 0.3) is 5.91 Å². The predicted octanol–water partition coefficient (Wildman–Crippen LogP) is 1.99. The zero-order chi connectivity index (χ0) is 13.9. The van der Waals surface area contributed by atoms with Gasteiger partial charge >= 0.3 is 0 Å². The lowest BCUT2D eigenvalue weighted by molar-refractivity contribution is 0.0435.